The predicted octanol–water partition coefficient (Wildman–Crippen LogP) is 2.84. The maximum Gasteiger partial charge on any atom is 0.339 e. The fraction of sp³-hybridized carbons (Fsp3) is 0. The molecule has 2 heterocycles. The smallest absolute Gasteiger partial charge is 0.339 e. The lowest BCUT2D eigenvalue weighted by Gasteiger charge is -2.02. The largest absolute Gasteiger partial charge is 0.478 e. The van der Waals surface area contributed by atoms with Crippen LogP contribution in [0.3, 0.4) is 0 Å². The Kier molecular flexibility index (Phi) is 2.52. The van der Waals surface area contributed by atoms with Gasteiger partial charge in [0.15, 0.2) is 5.65 Å². The molecule has 0 aliphatic carbocycles. The molecule has 1 aromatic carbocycles. The fourth-order valence-electron chi connectivity index (χ4n) is 1.93. The number of nitrogens with zero attached hydrogens (tertiary/aromatic N) is 2. The van der Waals surface area contributed by atoms with Crippen molar-refractivity contribution in [3.63, 3.8) is 0 Å². The number of carboxylic acid groups (broad SMARTS) is 1. The van der Waals surface area contributed by atoms with Gasteiger partial charge < -0.3 is 9.51 Å². The van der Waals surface area contributed by atoms with Gasteiger partial charge in [-0.15, -0.1) is 0 Å². The Labute approximate surface area is 107 Å². The van der Waals surface area contributed by atoms with E-state index >= 15 is 0 Å². The van der Waals surface area contributed by atoms with Crippen molar-refractivity contribution in [2.75, 3.05) is 0 Å². The van der Waals surface area contributed by atoms with Crippen LogP contribution in [0.15, 0.2) is 48.8 Å². The first kappa shape index (κ1) is 11.4. The first-order valence-electron chi connectivity index (χ1n) is 5.62. The second kappa shape index (κ2) is 4.20. The van der Waals surface area contributed by atoms with Crippen molar-refractivity contribution >= 4 is 11.6 Å². The van der Waals surface area contributed by atoms with E-state index in [1.165, 1.54) is 18.2 Å². The van der Waals surface area contributed by atoms with E-state index < -0.39 is 5.97 Å². The monoisotopic (exact) mass is 256 g/mol. The van der Waals surface area contributed by atoms with Crippen LogP contribution in [-0.2, 0) is 0 Å². The summed E-state index contributed by atoms with van der Waals surface area (Å²) in [5.41, 5.74) is 1.86. The summed E-state index contributed by atoms with van der Waals surface area (Å²) in [5, 5.41) is 9.07. The minimum absolute atomic E-state index is 0.143. The molecule has 0 bridgehead atoms. The lowest BCUT2D eigenvalue weighted by Crippen LogP contribution is -1.98. The molecule has 0 aliphatic rings. The van der Waals surface area contributed by atoms with E-state index in [9.17, 15) is 9.18 Å². The van der Waals surface area contributed by atoms with E-state index in [1.54, 1.807) is 35.0 Å². The molecule has 0 amide bonds. The number of halogens is 1. The van der Waals surface area contributed by atoms with E-state index in [1.807, 2.05) is 0 Å². The molecule has 0 fully saturated rings. The Morgan fingerprint density at radius 2 is 1.79 bits per heavy atom. The third-order valence-electron chi connectivity index (χ3n) is 2.88. The first-order valence-corrected chi connectivity index (χ1v) is 5.62. The third kappa shape index (κ3) is 1.95. The van der Waals surface area contributed by atoms with Gasteiger partial charge in [-0.1, -0.05) is 0 Å². The zero-order valence-electron chi connectivity index (χ0n) is 9.75. The van der Waals surface area contributed by atoms with Gasteiger partial charge in [0.25, 0.3) is 0 Å². The van der Waals surface area contributed by atoms with Crippen molar-refractivity contribution in [1.29, 1.82) is 0 Å². The lowest BCUT2D eigenvalue weighted by molar-refractivity contribution is 0.0699. The van der Waals surface area contributed by atoms with E-state index in [4.69, 9.17) is 5.11 Å². The summed E-state index contributed by atoms with van der Waals surface area (Å²) in [6, 6.07) is 9.16. The highest BCUT2D eigenvalue weighted by Crippen LogP contribution is 2.20. The van der Waals surface area contributed by atoms with Gasteiger partial charge in [-0.25, -0.2) is 14.2 Å². The van der Waals surface area contributed by atoms with E-state index in [-0.39, 0.29) is 11.4 Å². The second-order valence-corrected chi connectivity index (χ2v) is 4.09. The molecule has 5 heteroatoms. The number of hydrogen-bond acceptors (Lipinski definition) is 2. The van der Waals surface area contributed by atoms with Crippen molar-refractivity contribution in [2.45, 2.75) is 0 Å². The van der Waals surface area contributed by atoms with Crippen LogP contribution in [0.25, 0.3) is 16.9 Å². The number of aromatic carboxylic acids is 1. The van der Waals surface area contributed by atoms with Crippen LogP contribution in [0.4, 0.5) is 4.39 Å². The highest BCUT2D eigenvalue weighted by molar-refractivity contribution is 5.94. The number of carboxylic acids is 1. The summed E-state index contributed by atoms with van der Waals surface area (Å²) in [5.74, 6) is -1.34. The molecule has 0 radical (unpaired) electrons. The van der Waals surface area contributed by atoms with Crippen LogP contribution >= 0.6 is 0 Å². The summed E-state index contributed by atoms with van der Waals surface area (Å²) in [7, 11) is 0. The molecule has 3 aromatic rings. The Hall–Kier alpha value is -2.69. The average molecular weight is 256 g/mol. The maximum atomic E-state index is 12.9. The summed E-state index contributed by atoms with van der Waals surface area (Å²) >= 11 is 0. The van der Waals surface area contributed by atoms with Gasteiger partial charge in [0.2, 0.25) is 0 Å². The van der Waals surface area contributed by atoms with Gasteiger partial charge in [-0.05, 0) is 36.4 Å². The Morgan fingerprint density at radius 3 is 2.47 bits per heavy atom. The molecule has 0 aliphatic heterocycles. The van der Waals surface area contributed by atoms with Crippen LogP contribution in [0.2, 0.25) is 0 Å². The van der Waals surface area contributed by atoms with Crippen molar-refractivity contribution in [2.24, 2.45) is 0 Å². The highest BCUT2D eigenvalue weighted by atomic mass is 19.1. The molecular formula is C14H9FN2O2. The summed E-state index contributed by atoms with van der Waals surface area (Å²) < 4.78 is 14.5. The van der Waals surface area contributed by atoms with Crippen LogP contribution in [0.1, 0.15) is 10.4 Å². The molecule has 0 atom stereocenters. The molecule has 0 spiro atoms. The fourth-order valence-corrected chi connectivity index (χ4v) is 1.93. The molecule has 3 rings (SSSR count). The third-order valence-corrected chi connectivity index (χ3v) is 2.88. The van der Waals surface area contributed by atoms with Crippen LogP contribution in [0.5, 0.6) is 0 Å². The number of hydrogen-bond donors (Lipinski definition) is 1. The average Bonchev–Trinajstić information content (AvgIpc) is 2.82. The molecular weight excluding hydrogens is 247 g/mol. The zero-order valence-corrected chi connectivity index (χ0v) is 9.75. The van der Waals surface area contributed by atoms with E-state index in [0.29, 0.717) is 11.3 Å². The lowest BCUT2D eigenvalue weighted by atomic mass is 10.1. The molecule has 19 heavy (non-hydrogen) atoms. The van der Waals surface area contributed by atoms with Crippen molar-refractivity contribution in [1.82, 2.24) is 9.38 Å². The summed E-state index contributed by atoms with van der Waals surface area (Å²) in [6.07, 6.45) is 3.37. The minimum atomic E-state index is -1.02. The van der Waals surface area contributed by atoms with Gasteiger partial charge >= 0.3 is 5.97 Å². The standard InChI is InChI=1S/C14H9FN2O2/c15-10-3-1-9(2-4-10)12-6-8-17-7-5-11(14(18)19)13(17)16-12/h1-8H,(H,18,19). The Bertz CT molecular complexity index is 763. The molecule has 1 N–H and O–H groups in total. The summed E-state index contributed by atoms with van der Waals surface area (Å²) in [6.45, 7) is 0. The van der Waals surface area contributed by atoms with Crippen molar-refractivity contribution in [3.05, 3.63) is 60.2 Å². The SMILES string of the molecule is O=C(O)c1ccn2ccc(-c3ccc(F)cc3)nc12. The Morgan fingerprint density at radius 1 is 1.11 bits per heavy atom. The van der Waals surface area contributed by atoms with Gasteiger partial charge in [-0.3, -0.25) is 0 Å². The van der Waals surface area contributed by atoms with E-state index in [0.717, 1.165) is 5.56 Å². The quantitative estimate of drug-likeness (QED) is 0.767. The zero-order chi connectivity index (χ0) is 13.4. The first-order chi connectivity index (χ1) is 9.15. The second-order valence-electron chi connectivity index (χ2n) is 4.09. The molecule has 2 aromatic heterocycles. The van der Waals surface area contributed by atoms with E-state index in [2.05, 4.69) is 4.98 Å². The molecule has 94 valence electrons. The molecule has 0 saturated carbocycles. The molecule has 4 nitrogen and oxygen atoms in total. The number of fused-ring (bicyclic) bond motifs is 1. The van der Waals surface area contributed by atoms with Gasteiger partial charge in [0.1, 0.15) is 11.4 Å². The van der Waals surface area contributed by atoms with Gasteiger partial charge in [-0.2, -0.15) is 0 Å². The number of aromatic nitrogens is 2. The topological polar surface area (TPSA) is 54.6 Å². The van der Waals surface area contributed by atoms with Crippen molar-refractivity contribution < 1.29 is 14.3 Å². The van der Waals surface area contributed by atoms with Crippen LogP contribution in [-0.4, -0.2) is 20.5 Å². The van der Waals surface area contributed by atoms with Gasteiger partial charge in [0, 0.05) is 18.0 Å². The minimum Gasteiger partial charge on any atom is -0.478 e. The number of rotatable bonds is 2. The number of carbonyl (C=O) groups is 1. The molecule has 0 saturated heterocycles. The summed E-state index contributed by atoms with van der Waals surface area (Å²) in [4.78, 5) is 15.4. The number of benzene rings is 1. The normalized spacial score (nSPS) is 10.8. The molecule has 0 unspecified atom stereocenters. The Balaban J connectivity index is 2.17. The van der Waals surface area contributed by atoms with Crippen LogP contribution in [0, 0.1) is 5.82 Å². The van der Waals surface area contributed by atoms with Gasteiger partial charge in [0.05, 0.1) is 5.69 Å². The van der Waals surface area contributed by atoms with Crippen molar-refractivity contribution in [3.8, 4) is 11.3 Å². The van der Waals surface area contributed by atoms with Crippen LogP contribution < -0.4 is 0 Å². The maximum absolute atomic E-state index is 12.9. The highest BCUT2D eigenvalue weighted by Gasteiger charge is 2.12. The predicted molar refractivity (Wildman–Crippen MR) is 67.5 cm³/mol.